The van der Waals surface area contributed by atoms with Crippen molar-refractivity contribution in [1.82, 2.24) is 0 Å². The van der Waals surface area contributed by atoms with Crippen molar-refractivity contribution in [2.75, 3.05) is 11.9 Å². The molecule has 0 radical (unpaired) electrons. The van der Waals surface area contributed by atoms with Gasteiger partial charge in [0.15, 0.2) is 11.6 Å². The zero-order valence-corrected chi connectivity index (χ0v) is 10.2. The lowest BCUT2D eigenvalue weighted by Crippen LogP contribution is -2.33. The fourth-order valence-electron chi connectivity index (χ4n) is 1.38. The van der Waals surface area contributed by atoms with E-state index in [1.54, 1.807) is 13.8 Å². The number of hydrogen-bond donors (Lipinski definition) is 2. The van der Waals surface area contributed by atoms with Crippen LogP contribution < -0.4 is 11.1 Å². The molecule has 0 spiro atoms. The summed E-state index contributed by atoms with van der Waals surface area (Å²) in [6, 6.07) is 1.00. The van der Waals surface area contributed by atoms with Gasteiger partial charge in [0.2, 0.25) is 5.91 Å². The Morgan fingerprint density at radius 1 is 1.22 bits per heavy atom. The Bertz CT molecular complexity index is 461. The zero-order chi connectivity index (χ0) is 13.9. The summed E-state index contributed by atoms with van der Waals surface area (Å²) in [4.78, 5) is 11.8. The number of rotatable bonds is 4. The van der Waals surface area contributed by atoms with Gasteiger partial charge in [0.1, 0.15) is 5.82 Å². The van der Waals surface area contributed by atoms with Crippen LogP contribution in [0.3, 0.4) is 0 Å². The van der Waals surface area contributed by atoms with E-state index < -0.39 is 28.8 Å². The van der Waals surface area contributed by atoms with E-state index >= 15 is 0 Å². The third-order valence-corrected chi connectivity index (χ3v) is 2.64. The summed E-state index contributed by atoms with van der Waals surface area (Å²) >= 11 is 0. The van der Waals surface area contributed by atoms with Crippen molar-refractivity contribution in [2.45, 2.75) is 20.3 Å². The molecule has 0 aliphatic heterocycles. The van der Waals surface area contributed by atoms with Crippen molar-refractivity contribution in [3.05, 3.63) is 29.6 Å². The van der Waals surface area contributed by atoms with Crippen molar-refractivity contribution in [2.24, 2.45) is 11.1 Å². The summed E-state index contributed by atoms with van der Waals surface area (Å²) in [5.74, 6) is -4.04. The quantitative estimate of drug-likeness (QED) is 0.817. The predicted molar refractivity (Wildman–Crippen MR) is 62.4 cm³/mol. The highest BCUT2D eigenvalue weighted by molar-refractivity contribution is 5.94. The van der Waals surface area contributed by atoms with Crippen LogP contribution in [0.25, 0.3) is 0 Å². The molecule has 0 aromatic heterocycles. The molecule has 1 amide bonds. The van der Waals surface area contributed by atoms with E-state index in [-0.39, 0.29) is 5.69 Å². The van der Waals surface area contributed by atoms with Crippen molar-refractivity contribution in [1.29, 1.82) is 0 Å². The van der Waals surface area contributed by atoms with Gasteiger partial charge in [-0.3, -0.25) is 4.79 Å². The van der Waals surface area contributed by atoms with Crippen molar-refractivity contribution < 1.29 is 18.0 Å². The molecule has 0 fully saturated rings. The summed E-state index contributed by atoms with van der Waals surface area (Å²) in [6.07, 6.45) is 0.393. The third-order valence-electron chi connectivity index (χ3n) is 2.64. The standard InChI is InChI=1S/C12H15F3N2O/c1-12(2,3-4-16)11(18)17-10-6-8(14)7(13)5-9(10)15/h5-6H,3-4,16H2,1-2H3,(H,17,18). The van der Waals surface area contributed by atoms with Gasteiger partial charge in [0, 0.05) is 17.5 Å². The normalized spacial score (nSPS) is 11.4. The molecule has 3 nitrogen and oxygen atoms in total. The highest BCUT2D eigenvalue weighted by Gasteiger charge is 2.27. The largest absolute Gasteiger partial charge is 0.330 e. The fraction of sp³-hybridized carbons (Fsp3) is 0.417. The molecule has 0 saturated heterocycles. The average Bonchev–Trinajstić information content (AvgIpc) is 2.25. The van der Waals surface area contributed by atoms with E-state index in [2.05, 4.69) is 5.32 Å². The Kier molecular flexibility index (Phi) is 4.34. The monoisotopic (exact) mass is 260 g/mol. The highest BCUT2D eigenvalue weighted by Crippen LogP contribution is 2.24. The zero-order valence-electron chi connectivity index (χ0n) is 10.2. The number of carbonyl (C=O) groups excluding carboxylic acids is 1. The SMILES string of the molecule is CC(C)(CCN)C(=O)Nc1cc(F)c(F)cc1F. The first kappa shape index (κ1) is 14.5. The van der Waals surface area contributed by atoms with Crippen LogP contribution in [0, 0.1) is 22.9 Å². The second kappa shape index (κ2) is 5.39. The van der Waals surface area contributed by atoms with Gasteiger partial charge in [0.25, 0.3) is 0 Å². The molecule has 0 bridgehead atoms. The lowest BCUT2D eigenvalue weighted by molar-refractivity contribution is -0.124. The summed E-state index contributed by atoms with van der Waals surface area (Å²) in [7, 11) is 0. The molecule has 100 valence electrons. The van der Waals surface area contributed by atoms with E-state index in [0.717, 1.165) is 0 Å². The third kappa shape index (κ3) is 3.22. The van der Waals surface area contributed by atoms with Gasteiger partial charge < -0.3 is 11.1 Å². The van der Waals surface area contributed by atoms with Gasteiger partial charge in [-0.15, -0.1) is 0 Å². The molecular weight excluding hydrogens is 245 g/mol. The number of nitrogens with two attached hydrogens (primary N) is 1. The first-order valence-electron chi connectivity index (χ1n) is 5.44. The molecule has 0 atom stereocenters. The van der Waals surface area contributed by atoms with Gasteiger partial charge in [-0.05, 0) is 13.0 Å². The average molecular weight is 260 g/mol. The minimum atomic E-state index is -1.30. The Labute approximate surface area is 103 Å². The van der Waals surface area contributed by atoms with Crippen molar-refractivity contribution in [3.8, 4) is 0 Å². The van der Waals surface area contributed by atoms with E-state index in [0.29, 0.717) is 25.1 Å². The maximum atomic E-state index is 13.3. The van der Waals surface area contributed by atoms with Crippen LogP contribution in [-0.4, -0.2) is 12.5 Å². The molecule has 1 rings (SSSR count). The maximum Gasteiger partial charge on any atom is 0.230 e. The highest BCUT2D eigenvalue weighted by atomic mass is 19.2. The van der Waals surface area contributed by atoms with Crippen LogP contribution in [0.5, 0.6) is 0 Å². The van der Waals surface area contributed by atoms with E-state index in [9.17, 15) is 18.0 Å². The van der Waals surface area contributed by atoms with E-state index in [1.165, 1.54) is 0 Å². The summed E-state index contributed by atoms with van der Waals surface area (Å²) in [6.45, 7) is 3.56. The van der Waals surface area contributed by atoms with Gasteiger partial charge >= 0.3 is 0 Å². The first-order valence-corrected chi connectivity index (χ1v) is 5.44. The predicted octanol–water partition coefficient (Wildman–Crippen LogP) is 2.42. The molecule has 0 unspecified atom stereocenters. The van der Waals surface area contributed by atoms with Crippen LogP contribution in [0.4, 0.5) is 18.9 Å². The molecular formula is C12H15F3N2O. The molecule has 0 saturated carbocycles. The fourth-order valence-corrected chi connectivity index (χ4v) is 1.38. The van der Waals surface area contributed by atoms with Crippen LogP contribution in [0.2, 0.25) is 0 Å². The molecule has 3 N–H and O–H groups in total. The van der Waals surface area contributed by atoms with Crippen LogP contribution in [-0.2, 0) is 4.79 Å². The van der Waals surface area contributed by atoms with Crippen LogP contribution in [0.1, 0.15) is 20.3 Å². The summed E-state index contributed by atoms with van der Waals surface area (Å²) < 4.78 is 39.0. The van der Waals surface area contributed by atoms with E-state index in [1.807, 2.05) is 0 Å². The Hall–Kier alpha value is -1.56. The minimum Gasteiger partial charge on any atom is -0.330 e. The number of nitrogens with one attached hydrogen (secondary N) is 1. The van der Waals surface area contributed by atoms with Gasteiger partial charge in [-0.25, -0.2) is 13.2 Å². The first-order chi connectivity index (χ1) is 8.27. The van der Waals surface area contributed by atoms with Crippen LogP contribution in [0.15, 0.2) is 12.1 Å². The molecule has 0 aliphatic rings. The van der Waals surface area contributed by atoms with Crippen molar-refractivity contribution >= 4 is 11.6 Å². The smallest absolute Gasteiger partial charge is 0.230 e. The van der Waals surface area contributed by atoms with Gasteiger partial charge in [-0.1, -0.05) is 13.8 Å². The number of hydrogen-bond acceptors (Lipinski definition) is 2. The Morgan fingerprint density at radius 3 is 2.33 bits per heavy atom. The Morgan fingerprint density at radius 2 is 1.78 bits per heavy atom. The molecule has 1 aromatic carbocycles. The van der Waals surface area contributed by atoms with Crippen LogP contribution >= 0.6 is 0 Å². The molecule has 6 heteroatoms. The number of benzene rings is 1. The van der Waals surface area contributed by atoms with Gasteiger partial charge in [-0.2, -0.15) is 0 Å². The van der Waals surface area contributed by atoms with Gasteiger partial charge in [0.05, 0.1) is 5.69 Å². The number of carbonyl (C=O) groups is 1. The minimum absolute atomic E-state index is 0.292. The second-order valence-electron chi connectivity index (χ2n) is 4.62. The lowest BCUT2D eigenvalue weighted by Gasteiger charge is -2.22. The Balaban J connectivity index is 2.92. The van der Waals surface area contributed by atoms with E-state index in [4.69, 9.17) is 5.73 Å². The summed E-state index contributed by atoms with van der Waals surface area (Å²) in [5.41, 5.74) is 4.16. The summed E-state index contributed by atoms with van der Waals surface area (Å²) in [5, 5.41) is 2.23. The number of anilines is 1. The lowest BCUT2D eigenvalue weighted by atomic mass is 9.88. The maximum absolute atomic E-state index is 13.3. The molecule has 0 aliphatic carbocycles. The van der Waals surface area contributed by atoms with Crippen molar-refractivity contribution in [3.63, 3.8) is 0 Å². The number of amides is 1. The molecule has 1 aromatic rings. The molecule has 0 heterocycles. The molecule has 18 heavy (non-hydrogen) atoms. The number of halogens is 3. The second-order valence-corrected chi connectivity index (χ2v) is 4.62. The topological polar surface area (TPSA) is 55.1 Å².